The smallest absolute Gasteiger partial charge is 0.254 e. The molecule has 4 aromatic rings. The highest BCUT2D eigenvalue weighted by molar-refractivity contribution is 6.16. The summed E-state index contributed by atoms with van der Waals surface area (Å²) in [6, 6.07) is 12.3. The van der Waals surface area contributed by atoms with Gasteiger partial charge < -0.3 is 10.3 Å². The highest BCUT2D eigenvalue weighted by atomic mass is 19.1. The quantitative estimate of drug-likeness (QED) is 0.561. The molecule has 0 atom stereocenters. The van der Waals surface area contributed by atoms with Gasteiger partial charge in [-0.3, -0.25) is 9.78 Å². The van der Waals surface area contributed by atoms with Gasteiger partial charge in [0.2, 0.25) is 0 Å². The van der Waals surface area contributed by atoms with Gasteiger partial charge in [0.25, 0.3) is 5.91 Å². The molecule has 0 bridgehead atoms. The van der Waals surface area contributed by atoms with Crippen molar-refractivity contribution in [3.8, 4) is 11.3 Å². The van der Waals surface area contributed by atoms with E-state index in [0.29, 0.717) is 23.4 Å². The van der Waals surface area contributed by atoms with Crippen LogP contribution >= 0.6 is 0 Å². The number of aromatic amines is 1. The van der Waals surface area contributed by atoms with Gasteiger partial charge in [0.1, 0.15) is 5.82 Å². The molecule has 4 nitrogen and oxygen atoms in total. The number of hydrogen-bond acceptors (Lipinski definition) is 2. The summed E-state index contributed by atoms with van der Waals surface area (Å²) >= 11 is 0. The SMILES string of the molecule is O=C1NCc2[nH]c3c(ccc4cnc(-c5ccccc5F)cc43)c21. The van der Waals surface area contributed by atoms with Gasteiger partial charge in [-0.1, -0.05) is 24.3 Å². The van der Waals surface area contributed by atoms with Crippen LogP contribution in [0.3, 0.4) is 0 Å². The molecule has 2 aromatic carbocycles. The highest BCUT2D eigenvalue weighted by Gasteiger charge is 2.24. The van der Waals surface area contributed by atoms with Gasteiger partial charge in [0.15, 0.2) is 0 Å². The van der Waals surface area contributed by atoms with Crippen LogP contribution in [-0.4, -0.2) is 15.9 Å². The van der Waals surface area contributed by atoms with Crippen LogP contribution in [0.1, 0.15) is 16.1 Å². The first-order valence-electron chi connectivity index (χ1n) is 7.69. The van der Waals surface area contributed by atoms with Gasteiger partial charge in [-0.25, -0.2) is 4.39 Å². The zero-order valence-corrected chi connectivity index (χ0v) is 12.6. The lowest BCUT2D eigenvalue weighted by Crippen LogP contribution is -2.13. The molecule has 1 aliphatic heterocycles. The second kappa shape index (κ2) is 4.64. The first-order chi connectivity index (χ1) is 11.7. The molecule has 5 heteroatoms. The van der Waals surface area contributed by atoms with Crippen LogP contribution in [0.25, 0.3) is 32.9 Å². The van der Waals surface area contributed by atoms with Crippen LogP contribution in [0.15, 0.2) is 48.7 Å². The monoisotopic (exact) mass is 317 g/mol. The lowest BCUT2D eigenvalue weighted by atomic mass is 10.0. The molecule has 0 aliphatic carbocycles. The maximum atomic E-state index is 14.1. The van der Waals surface area contributed by atoms with Crippen molar-refractivity contribution in [3.05, 3.63) is 65.7 Å². The average molecular weight is 317 g/mol. The average Bonchev–Trinajstić information content (AvgIpc) is 3.15. The van der Waals surface area contributed by atoms with Crippen LogP contribution in [0.2, 0.25) is 0 Å². The number of halogens is 1. The Morgan fingerprint density at radius 2 is 1.96 bits per heavy atom. The number of carbonyl (C=O) groups excluding carboxylic acids is 1. The number of rotatable bonds is 1. The molecule has 5 rings (SSSR count). The molecule has 0 spiro atoms. The van der Waals surface area contributed by atoms with Crippen molar-refractivity contribution < 1.29 is 9.18 Å². The fourth-order valence-electron chi connectivity index (χ4n) is 3.40. The van der Waals surface area contributed by atoms with Crippen LogP contribution in [0, 0.1) is 5.82 Å². The van der Waals surface area contributed by atoms with Crippen molar-refractivity contribution in [1.29, 1.82) is 0 Å². The summed E-state index contributed by atoms with van der Waals surface area (Å²) in [7, 11) is 0. The third kappa shape index (κ3) is 1.72. The Labute approximate surface area is 136 Å². The Bertz CT molecular complexity index is 1150. The minimum atomic E-state index is -0.301. The van der Waals surface area contributed by atoms with Crippen molar-refractivity contribution in [2.45, 2.75) is 6.54 Å². The Hall–Kier alpha value is -3.21. The summed E-state index contributed by atoms with van der Waals surface area (Å²) in [4.78, 5) is 19.7. The van der Waals surface area contributed by atoms with Gasteiger partial charge in [-0.15, -0.1) is 0 Å². The third-order valence-corrected chi connectivity index (χ3v) is 4.55. The Morgan fingerprint density at radius 1 is 1.08 bits per heavy atom. The van der Waals surface area contributed by atoms with Gasteiger partial charge in [0.05, 0.1) is 23.3 Å². The van der Waals surface area contributed by atoms with E-state index in [2.05, 4.69) is 15.3 Å². The molecular formula is C19H12FN3O. The summed E-state index contributed by atoms with van der Waals surface area (Å²) in [6.45, 7) is 0.510. The first kappa shape index (κ1) is 13.2. The predicted octanol–water partition coefficient (Wildman–Crippen LogP) is 3.77. The van der Waals surface area contributed by atoms with Gasteiger partial charge in [-0.2, -0.15) is 0 Å². The van der Waals surface area contributed by atoms with Gasteiger partial charge in [-0.05, 0) is 18.2 Å². The number of amides is 1. The standard InChI is InChI=1S/C19H12FN3O/c20-14-4-2-1-3-11(14)15-7-13-10(8-21-15)5-6-12-17-16(23-18(12)13)9-22-19(17)24/h1-8,23H,9H2,(H,22,24). The van der Waals surface area contributed by atoms with E-state index in [-0.39, 0.29) is 11.7 Å². The van der Waals surface area contributed by atoms with E-state index in [1.165, 1.54) is 6.07 Å². The number of nitrogens with zero attached hydrogens (tertiary/aromatic N) is 1. The maximum Gasteiger partial charge on any atom is 0.254 e. The molecule has 1 aliphatic rings. The summed E-state index contributed by atoms with van der Waals surface area (Å²) in [5, 5.41) is 5.59. The van der Waals surface area contributed by atoms with E-state index in [1.54, 1.807) is 24.4 Å². The molecule has 3 heterocycles. The van der Waals surface area contributed by atoms with E-state index >= 15 is 0 Å². The number of benzene rings is 2. The number of nitrogens with one attached hydrogen (secondary N) is 2. The Kier molecular flexibility index (Phi) is 2.56. The van der Waals surface area contributed by atoms with E-state index in [0.717, 1.165) is 27.4 Å². The fraction of sp³-hybridized carbons (Fsp3) is 0.0526. The molecule has 2 aromatic heterocycles. The zero-order chi connectivity index (χ0) is 16.3. The summed E-state index contributed by atoms with van der Waals surface area (Å²) in [5.74, 6) is -0.358. The van der Waals surface area contributed by atoms with Crippen LogP contribution in [0.5, 0.6) is 0 Å². The molecule has 2 N–H and O–H groups in total. The molecule has 116 valence electrons. The Balaban J connectivity index is 1.83. The van der Waals surface area contributed by atoms with E-state index in [4.69, 9.17) is 0 Å². The first-order valence-corrected chi connectivity index (χ1v) is 7.69. The van der Waals surface area contributed by atoms with Crippen LogP contribution in [0.4, 0.5) is 4.39 Å². The van der Waals surface area contributed by atoms with Crippen LogP contribution in [-0.2, 0) is 6.54 Å². The predicted molar refractivity (Wildman–Crippen MR) is 90.2 cm³/mol. The van der Waals surface area contributed by atoms with E-state index < -0.39 is 0 Å². The van der Waals surface area contributed by atoms with Gasteiger partial charge >= 0.3 is 0 Å². The molecule has 0 radical (unpaired) electrons. The third-order valence-electron chi connectivity index (χ3n) is 4.55. The molecule has 0 fully saturated rings. The number of pyridine rings is 1. The fourth-order valence-corrected chi connectivity index (χ4v) is 3.40. The maximum absolute atomic E-state index is 14.1. The minimum Gasteiger partial charge on any atom is -0.356 e. The van der Waals surface area contributed by atoms with E-state index in [9.17, 15) is 9.18 Å². The summed E-state index contributed by atoms with van der Waals surface area (Å²) in [5.41, 5.74) is 3.54. The number of H-pyrrole nitrogens is 1. The molecule has 0 saturated heterocycles. The normalized spacial score (nSPS) is 13.5. The molecular weight excluding hydrogens is 305 g/mol. The lowest BCUT2D eigenvalue weighted by molar-refractivity contribution is 0.0967. The van der Waals surface area contributed by atoms with Crippen molar-refractivity contribution >= 4 is 27.6 Å². The van der Waals surface area contributed by atoms with Crippen molar-refractivity contribution in [3.63, 3.8) is 0 Å². The lowest BCUT2D eigenvalue weighted by Gasteiger charge is -2.06. The largest absolute Gasteiger partial charge is 0.356 e. The molecule has 0 saturated carbocycles. The van der Waals surface area contributed by atoms with Crippen LogP contribution < -0.4 is 5.32 Å². The number of fused-ring (bicyclic) bond motifs is 5. The summed E-state index contributed by atoms with van der Waals surface area (Å²) < 4.78 is 14.1. The Morgan fingerprint density at radius 3 is 2.83 bits per heavy atom. The van der Waals surface area contributed by atoms with Crippen molar-refractivity contribution in [2.24, 2.45) is 0 Å². The summed E-state index contributed by atoms with van der Waals surface area (Å²) in [6.07, 6.45) is 1.74. The number of aromatic nitrogens is 2. The van der Waals surface area contributed by atoms with Gasteiger partial charge in [0, 0.05) is 33.6 Å². The minimum absolute atomic E-state index is 0.0565. The number of carbonyl (C=O) groups is 1. The van der Waals surface area contributed by atoms with Crippen molar-refractivity contribution in [1.82, 2.24) is 15.3 Å². The second-order valence-corrected chi connectivity index (χ2v) is 5.92. The molecule has 0 unspecified atom stereocenters. The van der Waals surface area contributed by atoms with E-state index in [1.807, 2.05) is 18.2 Å². The number of hydrogen-bond donors (Lipinski definition) is 2. The topological polar surface area (TPSA) is 57.8 Å². The van der Waals surface area contributed by atoms with Crippen molar-refractivity contribution in [2.75, 3.05) is 0 Å². The second-order valence-electron chi connectivity index (χ2n) is 5.92. The molecule has 1 amide bonds. The highest BCUT2D eigenvalue weighted by Crippen LogP contribution is 2.33. The zero-order valence-electron chi connectivity index (χ0n) is 12.6. The molecule has 24 heavy (non-hydrogen) atoms.